The smallest absolute Gasteiger partial charge is 0.181 e. The summed E-state index contributed by atoms with van der Waals surface area (Å²) in [5.74, 6) is -0.335. The van der Waals surface area contributed by atoms with E-state index in [-0.39, 0.29) is 18.0 Å². The van der Waals surface area contributed by atoms with Gasteiger partial charge in [0, 0.05) is 5.56 Å². The van der Waals surface area contributed by atoms with Gasteiger partial charge in [0.15, 0.2) is 17.8 Å². The van der Waals surface area contributed by atoms with Crippen LogP contribution in [0.2, 0.25) is 0 Å². The summed E-state index contributed by atoms with van der Waals surface area (Å²) in [6, 6.07) is 4.95. The molecule has 76 valence electrons. The highest BCUT2D eigenvalue weighted by Crippen LogP contribution is 2.15. The van der Waals surface area contributed by atoms with Crippen molar-refractivity contribution in [3.8, 4) is 0 Å². The van der Waals surface area contributed by atoms with Crippen LogP contribution in [0, 0.1) is 0 Å². The van der Waals surface area contributed by atoms with Gasteiger partial charge in [-0.1, -0.05) is 0 Å². The van der Waals surface area contributed by atoms with Gasteiger partial charge in [-0.15, -0.1) is 0 Å². The van der Waals surface area contributed by atoms with Crippen molar-refractivity contribution < 1.29 is 14.0 Å². The van der Waals surface area contributed by atoms with E-state index in [9.17, 15) is 9.59 Å². The van der Waals surface area contributed by atoms with Crippen LogP contribution < -0.4 is 0 Å². The van der Waals surface area contributed by atoms with Crippen molar-refractivity contribution in [2.24, 2.45) is 0 Å². The number of rotatable bonds is 3. The van der Waals surface area contributed by atoms with Gasteiger partial charge in [0.05, 0.1) is 6.42 Å². The lowest BCUT2D eigenvalue weighted by Crippen LogP contribution is -2.04. The quantitative estimate of drug-likeness (QED) is 0.565. The molecule has 4 heteroatoms. The number of hydrogen-bond donors (Lipinski definition) is 0. The zero-order valence-electron chi connectivity index (χ0n) is 8.19. The second-order valence-corrected chi connectivity index (χ2v) is 3.34. The molecule has 2 aromatic rings. The maximum atomic E-state index is 11.5. The first-order chi connectivity index (χ1) is 7.16. The van der Waals surface area contributed by atoms with Crippen LogP contribution in [0.1, 0.15) is 23.7 Å². The molecule has 0 amide bonds. The van der Waals surface area contributed by atoms with Crippen LogP contribution in [0.15, 0.2) is 29.0 Å². The molecular weight excluding hydrogens is 194 g/mol. The van der Waals surface area contributed by atoms with Gasteiger partial charge in [-0.05, 0) is 25.1 Å². The molecule has 1 heterocycles. The monoisotopic (exact) mass is 203 g/mol. The van der Waals surface area contributed by atoms with Gasteiger partial charge in [-0.25, -0.2) is 4.98 Å². The molecule has 15 heavy (non-hydrogen) atoms. The standard InChI is InChI=1S/C11H9NO3/c1-7(13)4-10(14)8-2-3-9-11(5-8)15-6-12-9/h2-3,5-6H,4H2,1H3. The van der Waals surface area contributed by atoms with E-state index in [4.69, 9.17) is 4.42 Å². The molecule has 0 aliphatic carbocycles. The number of hydrogen-bond acceptors (Lipinski definition) is 4. The number of carbonyl (C=O) groups excluding carboxylic acids is 2. The molecular formula is C11H9NO3. The highest BCUT2D eigenvalue weighted by Gasteiger charge is 2.10. The molecule has 0 bridgehead atoms. The number of oxazole rings is 1. The fourth-order valence-electron chi connectivity index (χ4n) is 1.36. The fraction of sp³-hybridized carbons (Fsp3) is 0.182. The third-order valence-electron chi connectivity index (χ3n) is 2.06. The summed E-state index contributed by atoms with van der Waals surface area (Å²) in [6.45, 7) is 1.39. The van der Waals surface area contributed by atoms with Crippen molar-refractivity contribution in [1.29, 1.82) is 0 Å². The SMILES string of the molecule is CC(=O)CC(=O)c1ccc2ncoc2c1. The van der Waals surface area contributed by atoms with Crippen LogP contribution >= 0.6 is 0 Å². The van der Waals surface area contributed by atoms with Gasteiger partial charge in [-0.3, -0.25) is 9.59 Å². The average molecular weight is 203 g/mol. The van der Waals surface area contributed by atoms with E-state index in [1.165, 1.54) is 13.3 Å². The van der Waals surface area contributed by atoms with Crippen LogP contribution in [0.25, 0.3) is 11.1 Å². The lowest BCUT2D eigenvalue weighted by Gasteiger charge is -1.97. The first kappa shape index (κ1) is 9.58. The zero-order valence-corrected chi connectivity index (χ0v) is 8.19. The minimum absolute atomic E-state index is 0.0698. The van der Waals surface area contributed by atoms with Crippen molar-refractivity contribution in [3.05, 3.63) is 30.2 Å². The van der Waals surface area contributed by atoms with E-state index in [0.29, 0.717) is 16.7 Å². The van der Waals surface area contributed by atoms with E-state index in [2.05, 4.69) is 4.98 Å². The van der Waals surface area contributed by atoms with Crippen molar-refractivity contribution >= 4 is 22.7 Å². The molecule has 0 saturated carbocycles. The van der Waals surface area contributed by atoms with E-state index in [1.54, 1.807) is 18.2 Å². The average Bonchev–Trinajstić information content (AvgIpc) is 2.62. The second-order valence-electron chi connectivity index (χ2n) is 3.34. The Balaban J connectivity index is 2.35. The molecule has 2 rings (SSSR count). The molecule has 0 aliphatic rings. The Morgan fingerprint density at radius 2 is 2.20 bits per heavy atom. The number of fused-ring (bicyclic) bond motifs is 1. The second kappa shape index (κ2) is 3.65. The van der Waals surface area contributed by atoms with Crippen molar-refractivity contribution in [1.82, 2.24) is 4.98 Å². The van der Waals surface area contributed by atoms with E-state index in [1.807, 2.05) is 0 Å². The van der Waals surface area contributed by atoms with Gasteiger partial charge in [0.2, 0.25) is 0 Å². The summed E-state index contributed by atoms with van der Waals surface area (Å²) in [4.78, 5) is 26.3. The lowest BCUT2D eigenvalue weighted by atomic mass is 10.1. The number of aromatic nitrogens is 1. The summed E-state index contributed by atoms with van der Waals surface area (Å²) < 4.78 is 5.07. The number of benzene rings is 1. The molecule has 0 saturated heterocycles. The normalized spacial score (nSPS) is 10.5. The fourth-order valence-corrected chi connectivity index (χ4v) is 1.36. The molecule has 0 unspecified atom stereocenters. The van der Waals surface area contributed by atoms with Gasteiger partial charge in [-0.2, -0.15) is 0 Å². The Labute approximate surface area is 85.9 Å². The number of carbonyl (C=O) groups is 2. The highest BCUT2D eigenvalue weighted by atomic mass is 16.3. The predicted molar refractivity (Wildman–Crippen MR) is 53.6 cm³/mol. The predicted octanol–water partition coefficient (Wildman–Crippen LogP) is 1.99. The maximum absolute atomic E-state index is 11.5. The first-order valence-corrected chi connectivity index (χ1v) is 4.53. The third-order valence-corrected chi connectivity index (χ3v) is 2.06. The molecule has 4 nitrogen and oxygen atoms in total. The Bertz CT molecular complexity index is 527. The van der Waals surface area contributed by atoms with E-state index >= 15 is 0 Å². The Hall–Kier alpha value is -1.97. The van der Waals surface area contributed by atoms with Gasteiger partial charge < -0.3 is 4.42 Å². The van der Waals surface area contributed by atoms with Gasteiger partial charge >= 0.3 is 0 Å². The van der Waals surface area contributed by atoms with Gasteiger partial charge in [0.1, 0.15) is 11.3 Å². The van der Waals surface area contributed by atoms with Gasteiger partial charge in [0.25, 0.3) is 0 Å². The van der Waals surface area contributed by atoms with Crippen molar-refractivity contribution in [3.63, 3.8) is 0 Å². The molecule has 0 aliphatic heterocycles. The van der Waals surface area contributed by atoms with E-state index in [0.717, 1.165) is 0 Å². The molecule has 0 N–H and O–H groups in total. The largest absolute Gasteiger partial charge is 0.443 e. The summed E-state index contributed by atoms with van der Waals surface area (Å²) in [5, 5.41) is 0. The third kappa shape index (κ3) is 1.93. The van der Waals surface area contributed by atoms with Crippen molar-refractivity contribution in [2.45, 2.75) is 13.3 Å². The van der Waals surface area contributed by atoms with E-state index < -0.39 is 0 Å². The lowest BCUT2D eigenvalue weighted by molar-refractivity contribution is -0.116. The van der Waals surface area contributed by atoms with Crippen molar-refractivity contribution in [2.75, 3.05) is 0 Å². The Morgan fingerprint density at radius 1 is 1.40 bits per heavy atom. The number of nitrogens with zero attached hydrogens (tertiary/aromatic N) is 1. The minimum atomic E-state index is -0.194. The summed E-state index contributed by atoms with van der Waals surface area (Å²) in [7, 11) is 0. The molecule has 1 aromatic carbocycles. The molecule has 0 atom stereocenters. The summed E-state index contributed by atoms with van der Waals surface area (Å²) in [5.41, 5.74) is 1.74. The highest BCUT2D eigenvalue weighted by molar-refractivity contribution is 6.08. The Morgan fingerprint density at radius 3 is 2.93 bits per heavy atom. The first-order valence-electron chi connectivity index (χ1n) is 4.53. The van der Waals surface area contributed by atoms with Crippen LogP contribution in [-0.4, -0.2) is 16.6 Å². The van der Waals surface area contributed by atoms with Crippen LogP contribution in [-0.2, 0) is 4.79 Å². The molecule has 1 aromatic heterocycles. The molecule has 0 fully saturated rings. The van der Waals surface area contributed by atoms with Crippen LogP contribution in [0.3, 0.4) is 0 Å². The van der Waals surface area contributed by atoms with Crippen LogP contribution in [0.5, 0.6) is 0 Å². The topological polar surface area (TPSA) is 60.2 Å². The number of Topliss-reactive ketones (excluding diaryl/α,β-unsaturated/α-hetero) is 2. The summed E-state index contributed by atoms with van der Waals surface area (Å²) >= 11 is 0. The minimum Gasteiger partial charge on any atom is -0.443 e. The maximum Gasteiger partial charge on any atom is 0.181 e. The molecule has 0 radical (unpaired) electrons. The summed E-state index contributed by atoms with van der Waals surface area (Å²) in [6.07, 6.45) is 1.25. The van der Waals surface area contributed by atoms with Crippen LogP contribution in [0.4, 0.5) is 0 Å². The Kier molecular flexibility index (Phi) is 2.33. The number of ketones is 2. The molecule has 0 spiro atoms. The zero-order chi connectivity index (χ0) is 10.8.